The molecule has 1 aliphatic heterocycles. The van der Waals surface area contributed by atoms with Gasteiger partial charge in [-0.2, -0.15) is 0 Å². The molecule has 0 radical (unpaired) electrons. The molecule has 438 valence electrons. The highest BCUT2D eigenvalue weighted by molar-refractivity contribution is 6.13. The van der Waals surface area contributed by atoms with Gasteiger partial charge in [-0.15, -0.1) is 0 Å². The standard InChI is InChI=1S/C51H74N8O20/c1-37(2)47(49(65)56-42(4-3-17-54-50(52)66)48(64)55-39-7-5-38(6-8-39)36-78-51(67)79-41-11-9-40(10-12-41)59(68)69)57-44(61)16-20-70-22-24-72-26-28-74-30-32-76-34-35-77-33-31-75-29-27-73-25-23-71-21-18-53-43(60)15-19-58-45(62)13-14-46(58)63/h5-14,37,42,47H,3-4,15-36H2,1-2H3,(H,53,60)(H,55,64)(H,56,65)(H,57,61)(H3,52,54,66)/t42-,47-/m0/s1. The molecule has 2 aromatic carbocycles. The molecule has 7 N–H and O–H groups in total. The molecule has 1 aliphatic rings. The number of imide groups is 1. The summed E-state index contributed by atoms with van der Waals surface area (Å²) in [4.78, 5) is 109. The van der Waals surface area contributed by atoms with Crippen molar-refractivity contribution in [2.75, 3.05) is 131 Å². The third-order valence-corrected chi connectivity index (χ3v) is 10.8. The number of anilines is 1. The third kappa shape index (κ3) is 30.5. The second kappa shape index (κ2) is 40.1. The van der Waals surface area contributed by atoms with Crippen LogP contribution in [0.4, 0.5) is 21.0 Å². The summed E-state index contributed by atoms with van der Waals surface area (Å²) in [5.41, 5.74) is 5.91. The first kappa shape index (κ1) is 66.1. The molecule has 79 heavy (non-hydrogen) atoms. The fourth-order valence-corrected chi connectivity index (χ4v) is 6.67. The first-order valence-electron chi connectivity index (χ1n) is 25.7. The Morgan fingerprint density at radius 2 is 1.11 bits per heavy atom. The summed E-state index contributed by atoms with van der Waals surface area (Å²) in [5, 5.41) is 24.1. The largest absolute Gasteiger partial charge is 0.514 e. The van der Waals surface area contributed by atoms with Crippen molar-refractivity contribution in [3.05, 3.63) is 76.4 Å². The van der Waals surface area contributed by atoms with Crippen LogP contribution in [0.1, 0.15) is 45.1 Å². The summed E-state index contributed by atoms with van der Waals surface area (Å²) in [5.74, 6) is -3.03. The van der Waals surface area contributed by atoms with Gasteiger partial charge in [0.05, 0.1) is 111 Å². The van der Waals surface area contributed by atoms with Crippen LogP contribution in [0.5, 0.6) is 5.75 Å². The van der Waals surface area contributed by atoms with E-state index < -0.39 is 58.7 Å². The molecule has 1 heterocycles. The quantitative estimate of drug-likeness (QED) is 0.0136. The van der Waals surface area contributed by atoms with E-state index in [4.69, 9.17) is 53.1 Å². The van der Waals surface area contributed by atoms with Crippen molar-refractivity contribution in [3.8, 4) is 5.75 Å². The summed E-state index contributed by atoms with van der Waals surface area (Å²) in [6.07, 6.45) is 1.69. The van der Waals surface area contributed by atoms with E-state index in [1.54, 1.807) is 38.1 Å². The number of carbonyl (C=O) groups excluding carboxylic acids is 8. The number of hydrogen-bond donors (Lipinski definition) is 6. The first-order valence-corrected chi connectivity index (χ1v) is 25.7. The molecule has 3 rings (SSSR count). The lowest BCUT2D eigenvalue weighted by Crippen LogP contribution is -2.54. The van der Waals surface area contributed by atoms with E-state index in [1.165, 1.54) is 36.4 Å². The van der Waals surface area contributed by atoms with Crippen molar-refractivity contribution in [3.63, 3.8) is 0 Å². The smallest absolute Gasteiger partial charge is 0.429 e. The number of rotatable bonds is 44. The Bertz CT molecular complexity index is 2200. The first-order chi connectivity index (χ1) is 38.1. The number of nitrogens with one attached hydrogen (secondary N) is 5. The minimum atomic E-state index is -1.08. The molecule has 8 amide bonds. The Kier molecular flexibility index (Phi) is 33.5. The molecule has 2 aromatic rings. The van der Waals surface area contributed by atoms with Crippen LogP contribution < -0.4 is 37.1 Å². The Balaban J connectivity index is 1.15. The molecular formula is C51H74N8O20. The van der Waals surface area contributed by atoms with Gasteiger partial charge in [0, 0.05) is 62.4 Å². The van der Waals surface area contributed by atoms with Crippen LogP contribution in [0.15, 0.2) is 60.7 Å². The van der Waals surface area contributed by atoms with E-state index in [0.717, 1.165) is 4.90 Å². The zero-order chi connectivity index (χ0) is 57.5. The van der Waals surface area contributed by atoms with Crippen LogP contribution in [0.25, 0.3) is 0 Å². The lowest BCUT2D eigenvalue weighted by atomic mass is 10.0. The fraction of sp³-hybridized carbons (Fsp3) is 0.569. The minimum absolute atomic E-state index is 0.0244. The monoisotopic (exact) mass is 1120 g/mol. The van der Waals surface area contributed by atoms with E-state index >= 15 is 0 Å². The predicted octanol–water partition coefficient (Wildman–Crippen LogP) is 1.28. The van der Waals surface area contributed by atoms with Gasteiger partial charge in [-0.05, 0) is 48.6 Å². The van der Waals surface area contributed by atoms with Crippen LogP contribution in [0, 0.1) is 16.0 Å². The Hall–Kier alpha value is -7.18. The van der Waals surface area contributed by atoms with Gasteiger partial charge in [-0.1, -0.05) is 26.0 Å². The Labute approximate surface area is 457 Å². The second-order valence-corrected chi connectivity index (χ2v) is 17.3. The number of carbonyl (C=O) groups is 8. The van der Waals surface area contributed by atoms with Gasteiger partial charge in [0.25, 0.3) is 17.5 Å². The third-order valence-electron chi connectivity index (χ3n) is 10.8. The number of nitro groups is 1. The highest BCUT2D eigenvalue weighted by atomic mass is 16.7. The fourth-order valence-electron chi connectivity index (χ4n) is 6.67. The zero-order valence-corrected chi connectivity index (χ0v) is 44.6. The molecule has 0 saturated carbocycles. The number of nitro benzene ring substituents is 1. The van der Waals surface area contributed by atoms with E-state index in [1.807, 2.05) is 0 Å². The number of amides is 8. The van der Waals surface area contributed by atoms with Crippen LogP contribution in [-0.4, -0.2) is 195 Å². The molecule has 0 unspecified atom stereocenters. The molecule has 2 atom stereocenters. The summed E-state index contributed by atoms with van der Waals surface area (Å²) in [7, 11) is 0. The maximum atomic E-state index is 13.5. The van der Waals surface area contributed by atoms with Crippen molar-refractivity contribution >= 4 is 59.0 Å². The summed E-state index contributed by atoms with van der Waals surface area (Å²) >= 11 is 0. The number of nitrogens with zero attached hydrogens (tertiary/aromatic N) is 2. The lowest BCUT2D eigenvalue weighted by molar-refractivity contribution is -0.384. The number of nitrogens with two attached hydrogens (primary N) is 1. The summed E-state index contributed by atoms with van der Waals surface area (Å²) in [6.45, 7) is 9.14. The molecule has 28 nitrogen and oxygen atoms in total. The number of ether oxygens (including phenoxy) is 10. The van der Waals surface area contributed by atoms with Crippen molar-refractivity contribution in [1.82, 2.24) is 26.2 Å². The normalized spacial score (nSPS) is 12.7. The lowest BCUT2D eigenvalue weighted by Gasteiger charge is -2.25. The highest BCUT2D eigenvalue weighted by Gasteiger charge is 2.29. The maximum absolute atomic E-state index is 13.5. The Morgan fingerprint density at radius 1 is 0.608 bits per heavy atom. The van der Waals surface area contributed by atoms with Gasteiger partial charge in [-0.25, -0.2) is 9.59 Å². The molecular weight excluding hydrogens is 1040 g/mol. The number of primary amides is 1. The van der Waals surface area contributed by atoms with Gasteiger partial charge in [-0.3, -0.25) is 43.8 Å². The number of non-ortho nitro benzene ring substituents is 1. The molecule has 0 aliphatic carbocycles. The van der Waals surface area contributed by atoms with Gasteiger partial charge in [0.2, 0.25) is 23.6 Å². The van der Waals surface area contributed by atoms with E-state index in [0.29, 0.717) is 104 Å². The van der Waals surface area contributed by atoms with Gasteiger partial charge in [0.15, 0.2) is 0 Å². The van der Waals surface area contributed by atoms with Crippen molar-refractivity contribution in [2.24, 2.45) is 11.7 Å². The summed E-state index contributed by atoms with van der Waals surface area (Å²) in [6, 6.07) is 8.36. The summed E-state index contributed by atoms with van der Waals surface area (Å²) < 4.78 is 54.0. The van der Waals surface area contributed by atoms with Crippen LogP contribution in [0.3, 0.4) is 0 Å². The molecule has 0 bridgehead atoms. The minimum Gasteiger partial charge on any atom is -0.429 e. The molecule has 0 aromatic heterocycles. The van der Waals surface area contributed by atoms with Gasteiger partial charge >= 0.3 is 12.2 Å². The van der Waals surface area contributed by atoms with Crippen molar-refractivity contribution in [2.45, 2.75) is 58.2 Å². The van der Waals surface area contributed by atoms with Gasteiger partial charge in [0.1, 0.15) is 24.4 Å². The van der Waals surface area contributed by atoms with E-state index in [-0.39, 0.29) is 88.5 Å². The van der Waals surface area contributed by atoms with Crippen molar-refractivity contribution in [1.29, 1.82) is 0 Å². The zero-order valence-electron chi connectivity index (χ0n) is 44.6. The maximum Gasteiger partial charge on any atom is 0.514 e. The van der Waals surface area contributed by atoms with Crippen LogP contribution in [0.2, 0.25) is 0 Å². The SMILES string of the molecule is CC(C)[C@H](NC(=O)CCOCCOCCOCCOCCOCCOCCOCCOCCNC(=O)CCN1C(=O)C=CC1=O)C(=O)N[C@@H](CCCNC(N)=O)C(=O)Nc1ccc(COC(=O)Oc2ccc([N+](=O)[O-])cc2)cc1. The van der Waals surface area contributed by atoms with Gasteiger partial charge < -0.3 is 79.7 Å². The average molecular weight is 1120 g/mol. The topological polar surface area (TPSA) is 361 Å². The molecule has 28 heteroatoms. The van der Waals surface area contributed by atoms with E-state index in [9.17, 15) is 48.5 Å². The second-order valence-electron chi connectivity index (χ2n) is 17.3. The molecule has 0 saturated heterocycles. The highest BCUT2D eigenvalue weighted by Crippen LogP contribution is 2.19. The number of hydrogen-bond acceptors (Lipinski definition) is 20. The Morgan fingerprint density at radius 3 is 1.61 bits per heavy atom. The van der Waals surface area contributed by atoms with E-state index in [2.05, 4.69) is 26.6 Å². The predicted molar refractivity (Wildman–Crippen MR) is 279 cm³/mol. The van der Waals surface area contributed by atoms with Crippen molar-refractivity contribution < 1.29 is 90.6 Å². The molecule has 0 fully saturated rings. The molecule has 0 spiro atoms. The number of urea groups is 1. The number of benzene rings is 2. The average Bonchev–Trinajstić information content (AvgIpc) is 3.75. The van der Waals surface area contributed by atoms with Crippen LogP contribution >= 0.6 is 0 Å². The van der Waals surface area contributed by atoms with Crippen LogP contribution in [-0.2, 0) is 78.0 Å².